The van der Waals surface area contributed by atoms with Crippen molar-refractivity contribution in [2.45, 2.75) is 51.6 Å². The van der Waals surface area contributed by atoms with Gasteiger partial charge in [-0.15, -0.1) is 0 Å². The van der Waals surface area contributed by atoms with Crippen molar-refractivity contribution in [2.24, 2.45) is 0 Å². The molecule has 0 spiro atoms. The SMILES string of the molecule is CCOC1CN(CCN2CCC(c3cnc(C(C)C)nc3)CC2)C1. The Morgan fingerprint density at radius 3 is 2.29 bits per heavy atom. The van der Waals surface area contributed by atoms with Gasteiger partial charge in [-0.25, -0.2) is 9.97 Å². The molecule has 0 amide bonds. The highest BCUT2D eigenvalue weighted by Gasteiger charge is 2.27. The number of hydrogen-bond donors (Lipinski definition) is 0. The molecule has 1 aromatic rings. The van der Waals surface area contributed by atoms with Crippen LogP contribution in [0.1, 0.15) is 56.8 Å². The lowest BCUT2D eigenvalue weighted by Crippen LogP contribution is -2.54. The summed E-state index contributed by atoms with van der Waals surface area (Å²) in [5.41, 5.74) is 1.32. The van der Waals surface area contributed by atoms with Gasteiger partial charge in [-0.2, -0.15) is 0 Å². The number of likely N-dealkylation sites (tertiary alicyclic amines) is 2. The number of piperidine rings is 1. The molecule has 0 bridgehead atoms. The molecule has 2 aliphatic heterocycles. The second kappa shape index (κ2) is 8.37. The predicted molar refractivity (Wildman–Crippen MR) is 96.4 cm³/mol. The Kier molecular flexibility index (Phi) is 6.19. The summed E-state index contributed by atoms with van der Waals surface area (Å²) in [7, 11) is 0. The van der Waals surface area contributed by atoms with Crippen LogP contribution in [0.15, 0.2) is 12.4 Å². The Hall–Kier alpha value is -1.04. The van der Waals surface area contributed by atoms with Crippen LogP contribution in [0.25, 0.3) is 0 Å². The van der Waals surface area contributed by atoms with Crippen molar-refractivity contribution in [3.05, 3.63) is 23.8 Å². The van der Waals surface area contributed by atoms with Gasteiger partial charge < -0.3 is 9.64 Å². The van der Waals surface area contributed by atoms with Crippen molar-refractivity contribution >= 4 is 0 Å². The highest BCUT2D eigenvalue weighted by molar-refractivity contribution is 5.13. The Morgan fingerprint density at radius 1 is 1.08 bits per heavy atom. The van der Waals surface area contributed by atoms with Crippen LogP contribution in [0.3, 0.4) is 0 Å². The van der Waals surface area contributed by atoms with E-state index in [0.29, 0.717) is 17.9 Å². The van der Waals surface area contributed by atoms with Gasteiger partial charge in [-0.1, -0.05) is 13.8 Å². The summed E-state index contributed by atoms with van der Waals surface area (Å²) in [4.78, 5) is 14.2. The first-order valence-corrected chi connectivity index (χ1v) is 9.53. The first kappa shape index (κ1) is 17.8. The fraction of sp³-hybridized carbons (Fsp3) is 0.789. The van der Waals surface area contributed by atoms with Crippen molar-refractivity contribution in [1.29, 1.82) is 0 Å². The van der Waals surface area contributed by atoms with E-state index in [1.165, 1.54) is 44.6 Å². The van der Waals surface area contributed by atoms with Gasteiger partial charge in [0.05, 0.1) is 6.10 Å². The van der Waals surface area contributed by atoms with Crippen LogP contribution < -0.4 is 0 Å². The molecule has 24 heavy (non-hydrogen) atoms. The van der Waals surface area contributed by atoms with Crippen molar-refractivity contribution < 1.29 is 4.74 Å². The molecule has 0 aromatic carbocycles. The summed E-state index contributed by atoms with van der Waals surface area (Å²) in [5, 5.41) is 0. The van der Waals surface area contributed by atoms with Crippen LogP contribution in [0.5, 0.6) is 0 Å². The molecule has 0 saturated carbocycles. The molecule has 0 N–H and O–H groups in total. The zero-order valence-electron chi connectivity index (χ0n) is 15.4. The summed E-state index contributed by atoms with van der Waals surface area (Å²) in [6.07, 6.45) is 7.04. The van der Waals surface area contributed by atoms with E-state index in [4.69, 9.17) is 4.74 Å². The maximum atomic E-state index is 5.62. The molecule has 2 saturated heterocycles. The first-order valence-electron chi connectivity index (χ1n) is 9.53. The van der Waals surface area contributed by atoms with E-state index in [-0.39, 0.29) is 0 Å². The van der Waals surface area contributed by atoms with Gasteiger partial charge in [0.25, 0.3) is 0 Å². The molecule has 0 atom stereocenters. The topological polar surface area (TPSA) is 41.5 Å². The number of hydrogen-bond acceptors (Lipinski definition) is 5. The van der Waals surface area contributed by atoms with Gasteiger partial charge in [0, 0.05) is 51.1 Å². The van der Waals surface area contributed by atoms with Crippen LogP contribution in [0.2, 0.25) is 0 Å². The molecule has 0 unspecified atom stereocenters. The fourth-order valence-electron chi connectivity index (χ4n) is 3.68. The molecular formula is C19H32N4O. The van der Waals surface area contributed by atoms with E-state index in [2.05, 4.69) is 52.9 Å². The predicted octanol–water partition coefficient (Wildman–Crippen LogP) is 2.50. The van der Waals surface area contributed by atoms with Gasteiger partial charge in [0.2, 0.25) is 0 Å². The highest BCUT2D eigenvalue weighted by atomic mass is 16.5. The monoisotopic (exact) mass is 332 g/mol. The van der Waals surface area contributed by atoms with E-state index >= 15 is 0 Å². The van der Waals surface area contributed by atoms with Crippen LogP contribution in [-0.4, -0.2) is 71.7 Å². The molecular weight excluding hydrogens is 300 g/mol. The minimum atomic E-state index is 0.407. The molecule has 0 radical (unpaired) electrons. The molecule has 3 heterocycles. The number of rotatable bonds is 7. The quantitative estimate of drug-likeness (QED) is 0.767. The van der Waals surface area contributed by atoms with E-state index in [0.717, 1.165) is 25.5 Å². The molecule has 5 heteroatoms. The molecule has 0 aliphatic carbocycles. The average Bonchev–Trinajstić information content (AvgIpc) is 2.57. The molecule has 5 nitrogen and oxygen atoms in total. The molecule has 2 fully saturated rings. The minimum Gasteiger partial charge on any atom is -0.376 e. The summed E-state index contributed by atoms with van der Waals surface area (Å²) in [6.45, 7) is 14.2. The lowest BCUT2D eigenvalue weighted by atomic mass is 9.91. The van der Waals surface area contributed by atoms with Crippen molar-refractivity contribution in [3.8, 4) is 0 Å². The summed E-state index contributed by atoms with van der Waals surface area (Å²) in [6, 6.07) is 0. The van der Waals surface area contributed by atoms with Crippen LogP contribution in [-0.2, 0) is 4.74 Å². The maximum Gasteiger partial charge on any atom is 0.130 e. The maximum absolute atomic E-state index is 5.62. The molecule has 1 aromatic heterocycles. The largest absolute Gasteiger partial charge is 0.376 e. The third kappa shape index (κ3) is 4.52. The normalized spacial score (nSPS) is 21.3. The molecule has 3 rings (SSSR count). The van der Waals surface area contributed by atoms with Gasteiger partial charge in [-0.3, -0.25) is 4.90 Å². The number of nitrogens with zero attached hydrogens (tertiary/aromatic N) is 4. The Labute approximate surface area is 146 Å². The minimum absolute atomic E-state index is 0.407. The second-order valence-corrected chi connectivity index (χ2v) is 7.48. The highest BCUT2D eigenvalue weighted by Crippen LogP contribution is 2.27. The van der Waals surface area contributed by atoms with Crippen LogP contribution in [0.4, 0.5) is 0 Å². The van der Waals surface area contributed by atoms with Crippen LogP contribution >= 0.6 is 0 Å². The second-order valence-electron chi connectivity index (χ2n) is 7.48. The van der Waals surface area contributed by atoms with Crippen molar-refractivity contribution in [3.63, 3.8) is 0 Å². The van der Waals surface area contributed by atoms with Gasteiger partial charge in [-0.05, 0) is 44.3 Å². The smallest absolute Gasteiger partial charge is 0.130 e. The summed E-state index contributed by atoms with van der Waals surface area (Å²) < 4.78 is 5.62. The standard InChI is InChI=1S/C19H32N4O/c1-4-24-18-13-23(14-18)10-9-22-7-5-16(6-8-22)17-11-20-19(15(2)3)21-12-17/h11-12,15-16,18H,4-10,13-14H2,1-3H3. The summed E-state index contributed by atoms with van der Waals surface area (Å²) in [5.74, 6) is 2.00. The van der Waals surface area contributed by atoms with Gasteiger partial charge >= 0.3 is 0 Å². The zero-order valence-corrected chi connectivity index (χ0v) is 15.4. The van der Waals surface area contributed by atoms with E-state index in [9.17, 15) is 0 Å². The third-order valence-electron chi connectivity index (χ3n) is 5.33. The van der Waals surface area contributed by atoms with E-state index in [1.807, 2.05) is 0 Å². The van der Waals surface area contributed by atoms with Crippen molar-refractivity contribution in [1.82, 2.24) is 19.8 Å². The average molecular weight is 332 g/mol. The Bertz CT molecular complexity index is 491. The summed E-state index contributed by atoms with van der Waals surface area (Å²) >= 11 is 0. The van der Waals surface area contributed by atoms with E-state index < -0.39 is 0 Å². The third-order valence-corrected chi connectivity index (χ3v) is 5.33. The fourth-order valence-corrected chi connectivity index (χ4v) is 3.68. The lowest BCUT2D eigenvalue weighted by Gasteiger charge is -2.40. The Balaban J connectivity index is 1.37. The molecule has 134 valence electrons. The Morgan fingerprint density at radius 2 is 1.71 bits per heavy atom. The number of ether oxygens (including phenoxy) is 1. The van der Waals surface area contributed by atoms with Gasteiger partial charge in [0.15, 0.2) is 0 Å². The zero-order chi connectivity index (χ0) is 16.9. The van der Waals surface area contributed by atoms with Crippen LogP contribution in [0, 0.1) is 0 Å². The lowest BCUT2D eigenvalue weighted by molar-refractivity contribution is -0.0522. The molecule has 2 aliphatic rings. The van der Waals surface area contributed by atoms with E-state index in [1.54, 1.807) is 0 Å². The van der Waals surface area contributed by atoms with Gasteiger partial charge in [0.1, 0.15) is 5.82 Å². The van der Waals surface area contributed by atoms with Crippen molar-refractivity contribution in [2.75, 3.05) is 45.9 Å². The first-order chi connectivity index (χ1) is 11.7. The number of aromatic nitrogens is 2.